The molecular formula is C14H18N2O5S. The second-order valence-electron chi connectivity index (χ2n) is 4.96. The van der Waals surface area contributed by atoms with E-state index in [4.69, 9.17) is 9.94 Å². The zero-order chi connectivity index (χ0) is 16.3. The van der Waals surface area contributed by atoms with Gasteiger partial charge in [0.2, 0.25) is 10.0 Å². The minimum absolute atomic E-state index is 0.0616. The Morgan fingerprint density at radius 3 is 2.55 bits per heavy atom. The van der Waals surface area contributed by atoms with Crippen molar-refractivity contribution in [1.29, 1.82) is 0 Å². The summed E-state index contributed by atoms with van der Waals surface area (Å²) in [6.07, 6.45) is 3.44. The number of rotatable bonds is 4. The monoisotopic (exact) mass is 326 g/mol. The number of ether oxygens (including phenoxy) is 1. The maximum Gasteiger partial charge on any atom is 0.262 e. The van der Waals surface area contributed by atoms with Gasteiger partial charge in [0.15, 0.2) is 0 Å². The average Bonchev–Trinajstić information content (AvgIpc) is 2.54. The van der Waals surface area contributed by atoms with E-state index in [2.05, 4.69) is 0 Å². The molecule has 0 aliphatic carbocycles. The van der Waals surface area contributed by atoms with E-state index in [0.29, 0.717) is 5.75 Å². The Labute approximate surface area is 129 Å². The molecule has 7 nitrogen and oxygen atoms in total. The van der Waals surface area contributed by atoms with Gasteiger partial charge in [-0.05, 0) is 30.2 Å². The van der Waals surface area contributed by atoms with Crippen molar-refractivity contribution in [1.82, 2.24) is 9.79 Å². The summed E-state index contributed by atoms with van der Waals surface area (Å²) in [5.74, 6) is -0.571. The first kappa shape index (κ1) is 16.5. The lowest BCUT2D eigenvalue weighted by atomic mass is 9.98. The van der Waals surface area contributed by atoms with Crippen molar-refractivity contribution in [2.75, 3.05) is 13.7 Å². The van der Waals surface area contributed by atoms with Crippen molar-refractivity contribution >= 4 is 15.9 Å². The van der Waals surface area contributed by atoms with Crippen LogP contribution < -0.4 is 10.2 Å². The number of hydrogen-bond acceptors (Lipinski definition) is 5. The molecule has 2 N–H and O–H groups in total. The molecule has 1 aromatic carbocycles. The fourth-order valence-corrected chi connectivity index (χ4v) is 4.05. The average molecular weight is 326 g/mol. The Kier molecular flexibility index (Phi) is 4.84. The van der Waals surface area contributed by atoms with Crippen LogP contribution in [0.4, 0.5) is 0 Å². The van der Waals surface area contributed by atoms with Crippen LogP contribution in [0.2, 0.25) is 0 Å². The third-order valence-corrected chi connectivity index (χ3v) is 5.44. The Morgan fingerprint density at radius 1 is 1.36 bits per heavy atom. The van der Waals surface area contributed by atoms with Gasteiger partial charge >= 0.3 is 0 Å². The smallest absolute Gasteiger partial charge is 0.262 e. The number of carbonyl (C=O) groups is 1. The number of amides is 1. The number of hydrogen-bond donors (Lipinski definition) is 2. The first-order chi connectivity index (χ1) is 10.4. The SMILES string of the molecule is COc1ccc(S(=O)(=O)N2CC=C[C@@H](C)[C@@H]2C(=O)NO)cc1. The van der Waals surface area contributed by atoms with Gasteiger partial charge in [0, 0.05) is 6.54 Å². The lowest BCUT2D eigenvalue weighted by molar-refractivity contribution is -0.134. The number of methoxy groups -OCH3 is 1. The predicted octanol–water partition coefficient (Wildman–Crippen LogP) is 0.766. The molecule has 120 valence electrons. The highest BCUT2D eigenvalue weighted by Gasteiger charge is 2.39. The molecule has 1 heterocycles. The third-order valence-electron chi connectivity index (χ3n) is 3.58. The number of nitrogens with zero attached hydrogens (tertiary/aromatic N) is 1. The van der Waals surface area contributed by atoms with Gasteiger partial charge in [-0.3, -0.25) is 10.0 Å². The molecule has 0 radical (unpaired) electrons. The van der Waals surface area contributed by atoms with Crippen LogP contribution in [0.15, 0.2) is 41.3 Å². The van der Waals surface area contributed by atoms with Crippen molar-refractivity contribution in [2.45, 2.75) is 17.9 Å². The summed E-state index contributed by atoms with van der Waals surface area (Å²) < 4.78 is 31.6. The van der Waals surface area contributed by atoms with Gasteiger partial charge in [-0.25, -0.2) is 13.9 Å². The molecule has 0 unspecified atom stereocenters. The number of benzene rings is 1. The lowest BCUT2D eigenvalue weighted by Crippen LogP contribution is -2.53. The molecule has 0 saturated heterocycles. The Balaban J connectivity index is 2.41. The van der Waals surface area contributed by atoms with E-state index in [1.54, 1.807) is 19.1 Å². The molecule has 22 heavy (non-hydrogen) atoms. The number of carbonyl (C=O) groups excluding carboxylic acids is 1. The van der Waals surface area contributed by atoms with E-state index < -0.39 is 22.0 Å². The lowest BCUT2D eigenvalue weighted by Gasteiger charge is -2.34. The van der Waals surface area contributed by atoms with Gasteiger partial charge in [-0.1, -0.05) is 19.1 Å². The normalized spacial score (nSPS) is 22.3. The van der Waals surface area contributed by atoms with Crippen LogP contribution in [-0.2, 0) is 14.8 Å². The zero-order valence-corrected chi connectivity index (χ0v) is 13.1. The molecule has 0 spiro atoms. The minimum Gasteiger partial charge on any atom is -0.497 e. The molecule has 0 aromatic heterocycles. The first-order valence-corrected chi connectivity index (χ1v) is 8.12. The second kappa shape index (κ2) is 6.47. The Morgan fingerprint density at radius 2 is 2.00 bits per heavy atom. The van der Waals surface area contributed by atoms with E-state index in [0.717, 1.165) is 4.31 Å². The molecule has 1 aromatic rings. The van der Waals surface area contributed by atoms with Crippen LogP contribution in [0.3, 0.4) is 0 Å². The fraction of sp³-hybridized carbons (Fsp3) is 0.357. The van der Waals surface area contributed by atoms with Gasteiger partial charge in [0.1, 0.15) is 11.8 Å². The highest BCUT2D eigenvalue weighted by atomic mass is 32.2. The molecule has 0 bridgehead atoms. The maximum atomic E-state index is 12.8. The van der Waals surface area contributed by atoms with Gasteiger partial charge in [-0.15, -0.1) is 0 Å². The van der Waals surface area contributed by atoms with Gasteiger partial charge in [0.05, 0.1) is 12.0 Å². The van der Waals surface area contributed by atoms with E-state index in [1.807, 2.05) is 0 Å². The standard InChI is InChI=1S/C14H18N2O5S/c1-10-4-3-9-16(13(10)14(17)15-18)22(19,20)12-7-5-11(21-2)6-8-12/h3-8,10,13,18H,9H2,1-2H3,(H,15,17)/t10-,13-/m1/s1. The highest BCUT2D eigenvalue weighted by Crippen LogP contribution is 2.26. The molecule has 1 amide bonds. The molecule has 0 saturated carbocycles. The minimum atomic E-state index is -3.87. The van der Waals surface area contributed by atoms with Crippen LogP contribution in [0.25, 0.3) is 0 Å². The van der Waals surface area contributed by atoms with Gasteiger partial charge in [-0.2, -0.15) is 4.31 Å². The zero-order valence-electron chi connectivity index (χ0n) is 12.3. The van der Waals surface area contributed by atoms with Crippen molar-refractivity contribution < 1.29 is 23.2 Å². The summed E-state index contributed by atoms with van der Waals surface area (Å²) in [5, 5.41) is 8.87. The van der Waals surface area contributed by atoms with Crippen LogP contribution in [0.5, 0.6) is 5.75 Å². The van der Waals surface area contributed by atoms with E-state index in [9.17, 15) is 13.2 Å². The molecule has 2 atom stereocenters. The van der Waals surface area contributed by atoms with Crippen molar-refractivity contribution in [2.24, 2.45) is 5.92 Å². The van der Waals surface area contributed by atoms with Crippen molar-refractivity contribution in [3.05, 3.63) is 36.4 Å². The predicted molar refractivity (Wildman–Crippen MR) is 78.9 cm³/mol. The quantitative estimate of drug-likeness (QED) is 0.484. The summed E-state index contributed by atoms with van der Waals surface area (Å²) in [4.78, 5) is 11.9. The molecule has 8 heteroatoms. The fourth-order valence-electron chi connectivity index (χ4n) is 2.43. The molecule has 0 fully saturated rings. The topological polar surface area (TPSA) is 95.9 Å². The summed E-state index contributed by atoms with van der Waals surface area (Å²) in [5.41, 5.74) is 1.54. The molecule has 1 aliphatic heterocycles. The van der Waals surface area contributed by atoms with E-state index in [1.165, 1.54) is 36.9 Å². The highest BCUT2D eigenvalue weighted by molar-refractivity contribution is 7.89. The molecule has 2 rings (SSSR count). The van der Waals surface area contributed by atoms with Crippen LogP contribution >= 0.6 is 0 Å². The summed E-state index contributed by atoms with van der Waals surface area (Å²) in [7, 11) is -2.38. The second-order valence-corrected chi connectivity index (χ2v) is 6.85. The van der Waals surface area contributed by atoms with Crippen LogP contribution in [-0.4, -0.2) is 43.5 Å². The van der Waals surface area contributed by atoms with Crippen molar-refractivity contribution in [3.8, 4) is 5.75 Å². The molecular weight excluding hydrogens is 308 g/mol. The van der Waals surface area contributed by atoms with Crippen molar-refractivity contribution in [3.63, 3.8) is 0 Å². The number of sulfonamides is 1. The maximum absolute atomic E-state index is 12.8. The molecule has 1 aliphatic rings. The number of nitrogens with one attached hydrogen (secondary N) is 1. The Hall–Kier alpha value is -1.90. The van der Waals surface area contributed by atoms with Gasteiger partial charge < -0.3 is 4.74 Å². The summed E-state index contributed by atoms with van der Waals surface area (Å²) in [6.45, 7) is 1.78. The van der Waals surface area contributed by atoms with Gasteiger partial charge in [0.25, 0.3) is 5.91 Å². The van der Waals surface area contributed by atoms with E-state index in [-0.39, 0.29) is 17.4 Å². The summed E-state index contributed by atoms with van der Waals surface area (Å²) >= 11 is 0. The Bertz CT molecular complexity index is 669. The van der Waals surface area contributed by atoms with E-state index >= 15 is 0 Å². The largest absolute Gasteiger partial charge is 0.497 e. The first-order valence-electron chi connectivity index (χ1n) is 6.68. The summed E-state index contributed by atoms with van der Waals surface area (Å²) in [6, 6.07) is 4.92. The van der Waals surface area contributed by atoms with Crippen LogP contribution in [0, 0.1) is 5.92 Å². The number of hydroxylamine groups is 1. The van der Waals surface area contributed by atoms with Crippen LogP contribution in [0.1, 0.15) is 6.92 Å². The third kappa shape index (κ3) is 2.99.